The minimum absolute atomic E-state index is 0.141. The van der Waals surface area contributed by atoms with Crippen LogP contribution in [0.25, 0.3) is 0 Å². The molecular weight excluding hydrogens is 218 g/mol. The lowest BCUT2D eigenvalue weighted by molar-refractivity contribution is -0.122. The Bertz CT molecular complexity index is 456. The summed E-state index contributed by atoms with van der Waals surface area (Å²) >= 11 is 0. The summed E-state index contributed by atoms with van der Waals surface area (Å²) in [6.07, 6.45) is 0.923. The molecule has 2 unspecified atom stereocenters. The van der Waals surface area contributed by atoms with Crippen LogP contribution in [0.2, 0.25) is 0 Å². The van der Waals surface area contributed by atoms with Gasteiger partial charge in [0.2, 0.25) is 0 Å². The third-order valence-electron chi connectivity index (χ3n) is 2.95. The van der Waals surface area contributed by atoms with Gasteiger partial charge >= 0.3 is 0 Å². The predicted molar refractivity (Wildman–Crippen MR) is 64.3 cm³/mol. The van der Waals surface area contributed by atoms with Crippen molar-refractivity contribution in [2.75, 3.05) is 5.32 Å². The summed E-state index contributed by atoms with van der Waals surface area (Å²) in [6, 6.07) is 5.63. The Morgan fingerprint density at radius 3 is 3.00 bits per heavy atom. The molecule has 2 atom stereocenters. The molecule has 2 rings (SSSR count). The third-order valence-corrected chi connectivity index (χ3v) is 2.95. The maximum absolute atomic E-state index is 11.5. The maximum atomic E-state index is 11.5. The molecule has 0 fully saturated rings. The van der Waals surface area contributed by atoms with Crippen molar-refractivity contribution in [2.24, 2.45) is 0 Å². The van der Waals surface area contributed by atoms with Crippen molar-refractivity contribution in [3.05, 3.63) is 23.8 Å². The van der Waals surface area contributed by atoms with Gasteiger partial charge in [-0.05, 0) is 30.5 Å². The number of aldehydes is 1. The quantitative estimate of drug-likeness (QED) is 0.813. The first-order chi connectivity index (χ1) is 8.11. The Kier molecular flexibility index (Phi) is 3.13. The number of hydrogen-bond donors (Lipinski definition) is 1. The number of carbonyl (C=O) groups excluding carboxylic acids is 2. The van der Waals surface area contributed by atoms with E-state index in [1.807, 2.05) is 25.1 Å². The Balaban J connectivity index is 2.28. The largest absolute Gasteiger partial charge is 0.479 e. The minimum Gasteiger partial charge on any atom is -0.479 e. The highest BCUT2D eigenvalue weighted by Gasteiger charge is 2.23. The fourth-order valence-corrected chi connectivity index (χ4v) is 1.81. The van der Waals surface area contributed by atoms with Crippen molar-refractivity contribution in [1.82, 2.24) is 0 Å². The van der Waals surface area contributed by atoms with Crippen LogP contribution >= 0.6 is 0 Å². The second-order valence-electron chi connectivity index (χ2n) is 4.31. The van der Waals surface area contributed by atoms with E-state index in [0.29, 0.717) is 17.9 Å². The maximum Gasteiger partial charge on any atom is 0.265 e. The van der Waals surface area contributed by atoms with Gasteiger partial charge in [0.25, 0.3) is 5.91 Å². The lowest BCUT2D eigenvalue weighted by Crippen LogP contribution is -2.34. The topological polar surface area (TPSA) is 55.4 Å². The van der Waals surface area contributed by atoms with Crippen LogP contribution in [0.4, 0.5) is 5.69 Å². The van der Waals surface area contributed by atoms with Crippen molar-refractivity contribution >= 4 is 17.9 Å². The molecule has 0 spiro atoms. The van der Waals surface area contributed by atoms with Crippen LogP contribution in [0.1, 0.15) is 31.7 Å². The Hall–Kier alpha value is -1.84. The molecule has 0 radical (unpaired) electrons. The molecule has 0 aliphatic carbocycles. The number of benzene rings is 1. The highest BCUT2D eigenvalue weighted by molar-refractivity contribution is 5.97. The molecule has 1 aliphatic heterocycles. The van der Waals surface area contributed by atoms with Crippen LogP contribution in [0.15, 0.2) is 18.2 Å². The molecule has 0 saturated heterocycles. The summed E-state index contributed by atoms with van der Waals surface area (Å²) in [5.41, 5.74) is 1.71. The number of amides is 1. The van der Waals surface area contributed by atoms with Gasteiger partial charge in [0.05, 0.1) is 5.69 Å². The van der Waals surface area contributed by atoms with E-state index in [4.69, 9.17) is 4.74 Å². The number of hydrogen-bond acceptors (Lipinski definition) is 3. The molecule has 0 bridgehead atoms. The van der Waals surface area contributed by atoms with Crippen molar-refractivity contribution in [3.63, 3.8) is 0 Å². The molecule has 1 heterocycles. The van der Waals surface area contributed by atoms with Gasteiger partial charge in [-0.25, -0.2) is 0 Å². The van der Waals surface area contributed by atoms with E-state index in [9.17, 15) is 9.59 Å². The summed E-state index contributed by atoms with van der Waals surface area (Å²) in [4.78, 5) is 21.9. The highest BCUT2D eigenvalue weighted by atomic mass is 16.5. The molecule has 0 saturated carbocycles. The molecule has 1 aromatic carbocycles. The molecule has 17 heavy (non-hydrogen) atoms. The van der Waals surface area contributed by atoms with Crippen LogP contribution in [-0.2, 0) is 9.59 Å². The number of anilines is 1. The van der Waals surface area contributed by atoms with Crippen LogP contribution < -0.4 is 10.1 Å². The zero-order valence-corrected chi connectivity index (χ0v) is 9.90. The van der Waals surface area contributed by atoms with Gasteiger partial charge < -0.3 is 14.8 Å². The summed E-state index contributed by atoms with van der Waals surface area (Å²) in [5.74, 6) is 0.686. The zero-order valence-electron chi connectivity index (χ0n) is 9.90. The van der Waals surface area contributed by atoms with E-state index in [1.54, 1.807) is 6.92 Å². The predicted octanol–water partition coefficient (Wildman–Crippen LogP) is 2.10. The van der Waals surface area contributed by atoms with Crippen LogP contribution in [0, 0.1) is 0 Å². The average molecular weight is 233 g/mol. The van der Waals surface area contributed by atoms with Crippen molar-refractivity contribution in [1.29, 1.82) is 0 Å². The standard InChI is InChI=1S/C13H15NO3/c1-8(5-6-15)10-3-4-12-11(7-10)14-13(16)9(2)17-12/h3-4,6-9H,5H2,1-2H3,(H,14,16). The lowest BCUT2D eigenvalue weighted by atomic mass is 9.97. The third kappa shape index (κ3) is 2.30. The molecule has 1 aliphatic rings. The lowest BCUT2D eigenvalue weighted by Gasteiger charge is -2.24. The molecule has 90 valence electrons. The second-order valence-corrected chi connectivity index (χ2v) is 4.31. The second kappa shape index (κ2) is 4.57. The molecule has 1 amide bonds. The minimum atomic E-state index is -0.458. The normalized spacial score (nSPS) is 19.9. The van der Waals surface area contributed by atoms with Crippen LogP contribution in [-0.4, -0.2) is 18.3 Å². The zero-order chi connectivity index (χ0) is 12.4. The molecule has 1 N–H and O–H groups in total. The van der Waals surface area contributed by atoms with Gasteiger partial charge in [-0.15, -0.1) is 0 Å². The van der Waals surface area contributed by atoms with Crippen LogP contribution in [0.3, 0.4) is 0 Å². The van der Waals surface area contributed by atoms with Gasteiger partial charge in [-0.2, -0.15) is 0 Å². The fourth-order valence-electron chi connectivity index (χ4n) is 1.81. The molecule has 1 aromatic rings. The van der Waals surface area contributed by atoms with Crippen LogP contribution in [0.5, 0.6) is 5.75 Å². The van der Waals surface area contributed by atoms with Gasteiger partial charge in [0, 0.05) is 6.42 Å². The number of nitrogens with one attached hydrogen (secondary N) is 1. The van der Waals surface area contributed by atoms with Gasteiger partial charge in [0.1, 0.15) is 12.0 Å². The first kappa shape index (κ1) is 11.6. The number of ether oxygens (including phenoxy) is 1. The van der Waals surface area contributed by atoms with Gasteiger partial charge in [0.15, 0.2) is 6.10 Å². The number of fused-ring (bicyclic) bond motifs is 1. The molecule has 0 aromatic heterocycles. The van der Waals surface area contributed by atoms with Crippen molar-refractivity contribution in [2.45, 2.75) is 32.3 Å². The van der Waals surface area contributed by atoms with Gasteiger partial charge in [-0.1, -0.05) is 13.0 Å². The van der Waals surface area contributed by atoms with E-state index in [0.717, 1.165) is 11.8 Å². The molecular formula is C13H15NO3. The highest BCUT2D eigenvalue weighted by Crippen LogP contribution is 2.33. The number of carbonyl (C=O) groups is 2. The van der Waals surface area contributed by atoms with E-state index >= 15 is 0 Å². The van der Waals surface area contributed by atoms with Crippen molar-refractivity contribution in [3.8, 4) is 5.75 Å². The van der Waals surface area contributed by atoms with E-state index in [2.05, 4.69) is 5.32 Å². The summed E-state index contributed by atoms with van der Waals surface area (Å²) in [7, 11) is 0. The van der Waals surface area contributed by atoms with Crippen molar-refractivity contribution < 1.29 is 14.3 Å². The van der Waals surface area contributed by atoms with E-state index < -0.39 is 6.10 Å². The Labute approximate surface area is 100.0 Å². The summed E-state index contributed by atoms with van der Waals surface area (Å²) in [5, 5.41) is 2.79. The molecule has 4 nitrogen and oxygen atoms in total. The first-order valence-electron chi connectivity index (χ1n) is 5.67. The fraction of sp³-hybridized carbons (Fsp3) is 0.385. The number of rotatable bonds is 3. The first-order valence-corrected chi connectivity index (χ1v) is 5.67. The Morgan fingerprint density at radius 2 is 2.29 bits per heavy atom. The summed E-state index contributed by atoms with van der Waals surface area (Å²) in [6.45, 7) is 3.69. The van der Waals surface area contributed by atoms with E-state index in [-0.39, 0.29) is 11.8 Å². The smallest absolute Gasteiger partial charge is 0.265 e. The molecule has 4 heteroatoms. The summed E-state index contributed by atoms with van der Waals surface area (Å²) < 4.78 is 5.46. The average Bonchev–Trinajstić information content (AvgIpc) is 2.30. The van der Waals surface area contributed by atoms with Gasteiger partial charge in [-0.3, -0.25) is 4.79 Å². The SMILES string of the molecule is CC1Oc2ccc(C(C)CC=O)cc2NC1=O. The Morgan fingerprint density at radius 1 is 1.53 bits per heavy atom. The van der Waals surface area contributed by atoms with E-state index in [1.165, 1.54) is 0 Å². The monoisotopic (exact) mass is 233 g/mol.